The first-order valence-corrected chi connectivity index (χ1v) is 9.44. The molecular formula is C21H24N2O5. The van der Waals surface area contributed by atoms with Gasteiger partial charge in [-0.15, -0.1) is 0 Å². The lowest BCUT2D eigenvalue weighted by Crippen LogP contribution is -2.46. The lowest BCUT2D eigenvalue weighted by atomic mass is 9.85. The average Bonchev–Trinajstić information content (AvgIpc) is 2.97. The van der Waals surface area contributed by atoms with Crippen molar-refractivity contribution in [2.45, 2.75) is 45.4 Å². The van der Waals surface area contributed by atoms with Crippen molar-refractivity contribution in [1.29, 1.82) is 0 Å². The highest BCUT2D eigenvalue weighted by Gasteiger charge is 2.50. The Balaban J connectivity index is 1.55. The van der Waals surface area contributed by atoms with E-state index >= 15 is 0 Å². The Bertz CT molecular complexity index is 778. The number of likely N-dealkylation sites (tertiary alicyclic amines) is 1. The van der Waals surface area contributed by atoms with Crippen molar-refractivity contribution in [2.24, 2.45) is 11.8 Å². The van der Waals surface area contributed by atoms with E-state index in [0.717, 1.165) is 10.5 Å². The number of imide groups is 1. The van der Waals surface area contributed by atoms with Gasteiger partial charge in [0.25, 0.3) is 5.91 Å². The molecule has 2 aliphatic rings. The Morgan fingerprint density at radius 2 is 1.64 bits per heavy atom. The van der Waals surface area contributed by atoms with Crippen LogP contribution in [0, 0.1) is 11.8 Å². The van der Waals surface area contributed by atoms with Gasteiger partial charge in [-0.25, -0.2) is 4.79 Å². The number of esters is 1. The van der Waals surface area contributed by atoms with E-state index in [9.17, 15) is 19.2 Å². The van der Waals surface area contributed by atoms with Gasteiger partial charge < -0.3 is 10.1 Å². The fraction of sp³-hybridized carbons (Fsp3) is 0.429. The first-order chi connectivity index (χ1) is 13.4. The minimum absolute atomic E-state index is 0.316. The summed E-state index contributed by atoms with van der Waals surface area (Å²) in [6, 6.07) is 8.29. The summed E-state index contributed by atoms with van der Waals surface area (Å²) >= 11 is 0. The van der Waals surface area contributed by atoms with E-state index in [1.807, 2.05) is 42.5 Å². The molecule has 7 nitrogen and oxygen atoms in total. The third-order valence-electron chi connectivity index (χ3n) is 5.24. The summed E-state index contributed by atoms with van der Waals surface area (Å²) < 4.78 is 5.21. The molecule has 1 fully saturated rings. The number of nitrogens with zero attached hydrogens (tertiary/aromatic N) is 1. The van der Waals surface area contributed by atoms with Gasteiger partial charge in [-0.3, -0.25) is 19.3 Å². The average molecular weight is 384 g/mol. The first-order valence-electron chi connectivity index (χ1n) is 9.44. The second-order valence-electron chi connectivity index (χ2n) is 7.16. The zero-order valence-corrected chi connectivity index (χ0v) is 16.0. The predicted molar refractivity (Wildman–Crippen MR) is 101 cm³/mol. The molecule has 3 rings (SSSR count). The number of hydrogen-bond donors (Lipinski definition) is 1. The van der Waals surface area contributed by atoms with Gasteiger partial charge in [0.1, 0.15) is 6.04 Å². The summed E-state index contributed by atoms with van der Waals surface area (Å²) in [7, 11) is 0. The molecule has 0 saturated carbocycles. The van der Waals surface area contributed by atoms with E-state index in [1.165, 1.54) is 13.8 Å². The monoisotopic (exact) mass is 384 g/mol. The van der Waals surface area contributed by atoms with Gasteiger partial charge in [0.2, 0.25) is 11.8 Å². The highest BCUT2D eigenvalue weighted by Crippen LogP contribution is 2.36. The largest absolute Gasteiger partial charge is 0.451 e. The fourth-order valence-electron chi connectivity index (χ4n) is 3.57. The number of carbonyl (C=O) groups excluding carboxylic acids is 4. The quantitative estimate of drug-likeness (QED) is 0.457. The van der Waals surface area contributed by atoms with Crippen molar-refractivity contribution in [2.75, 3.05) is 0 Å². The second-order valence-corrected chi connectivity index (χ2v) is 7.16. The lowest BCUT2D eigenvalue weighted by molar-refractivity contribution is -0.164. The summed E-state index contributed by atoms with van der Waals surface area (Å²) in [4.78, 5) is 50.8. The molecule has 1 heterocycles. The van der Waals surface area contributed by atoms with E-state index in [1.54, 1.807) is 0 Å². The zero-order chi connectivity index (χ0) is 20.3. The Kier molecular flexibility index (Phi) is 5.92. The Labute approximate surface area is 163 Å². The molecule has 1 N–H and O–H groups in total. The molecule has 0 aromatic heterocycles. The van der Waals surface area contributed by atoms with Crippen LogP contribution < -0.4 is 5.32 Å². The number of rotatable bonds is 6. The third kappa shape index (κ3) is 3.98. The first kappa shape index (κ1) is 19.8. The maximum absolute atomic E-state index is 12.6. The van der Waals surface area contributed by atoms with E-state index in [2.05, 4.69) is 5.32 Å². The molecule has 0 spiro atoms. The molecule has 28 heavy (non-hydrogen) atoms. The predicted octanol–water partition coefficient (Wildman–Crippen LogP) is 1.57. The van der Waals surface area contributed by atoms with Crippen LogP contribution in [0.25, 0.3) is 0 Å². The molecule has 1 aliphatic carbocycles. The Morgan fingerprint density at radius 3 is 2.21 bits per heavy atom. The van der Waals surface area contributed by atoms with Crippen LogP contribution in [0.5, 0.6) is 0 Å². The van der Waals surface area contributed by atoms with Gasteiger partial charge in [0.15, 0.2) is 6.10 Å². The molecule has 0 radical (unpaired) electrons. The molecule has 1 saturated heterocycles. The van der Waals surface area contributed by atoms with Gasteiger partial charge in [-0.2, -0.15) is 0 Å². The minimum Gasteiger partial charge on any atom is -0.451 e. The summed E-state index contributed by atoms with van der Waals surface area (Å²) in [5.41, 5.74) is 0.923. The molecule has 3 amide bonds. The summed E-state index contributed by atoms with van der Waals surface area (Å²) in [6.45, 7) is 3.23. The molecule has 0 unspecified atom stereocenters. The van der Waals surface area contributed by atoms with Crippen LogP contribution in [0.3, 0.4) is 0 Å². The topological polar surface area (TPSA) is 92.8 Å². The van der Waals surface area contributed by atoms with Crippen LogP contribution in [0.1, 0.15) is 32.3 Å². The van der Waals surface area contributed by atoms with E-state index in [4.69, 9.17) is 4.74 Å². The highest BCUT2D eigenvalue weighted by molar-refractivity contribution is 6.08. The number of nitrogens with one attached hydrogen (secondary N) is 1. The van der Waals surface area contributed by atoms with Crippen molar-refractivity contribution in [3.05, 3.63) is 48.0 Å². The smallest absolute Gasteiger partial charge is 0.329 e. The Morgan fingerprint density at radius 1 is 1.07 bits per heavy atom. The molecule has 0 bridgehead atoms. The minimum atomic E-state index is -1.06. The fourth-order valence-corrected chi connectivity index (χ4v) is 3.57. The Hall–Kier alpha value is -2.96. The normalized spacial score (nSPS) is 23.1. The molecule has 1 aromatic carbocycles. The van der Waals surface area contributed by atoms with Crippen LogP contribution in [-0.2, 0) is 30.5 Å². The molecule has 1 aliphatic heterocycles. The van der Waals surface area contributed by atoms with Crippen LogP contribution >= 0.6 is 0 Å². The van der Waals surface area contributed by atoms with Gasteiger partial charge >= 0.3 is 5.97 Å². The number of ether oxygens (including phenoxy) is 1. The highest BCUT2D eigenvalue weighted by atomic mass is 16.5. The van der Waals surface area contributed by atoms with E-state index in [0.29, 0.717) is 19.4 Å². The SMILES string of the molecule is C[C@@H](OC(=O)[C@H](C)N1C(=O)[C@H]2CC=CC[C@H]2C1=O)C(=O)NCc1ccccc1. The molecule has 1 aromatic rings. The van der Waals surface area contributed by atoms with Crippen molar-refractivity contribution in [3.63, 3.8) is 0 Å². The van der Waals surface area contributed by atoms with Crippen molar-refractivity contribution in [3.8, 4) is 0 Å². The van der Waals surface area contributed by atoms with Gasteiger partial charge in [-0.05, 0) is 32.3 Å². The third-order valence-corrected chi connectivity index (χ3v) is 5.24. The lowest BCUT2D eigenvalue weighted by Gasteiger charge is -2.23. The maximum Gasteiger partial charge on any atom is 0.329 e. The molecule has 7 heteroatoms. The van der Waals surface area contributed by atoms with Crippen molar-refractivity contribution in [1.82, 2.24) is 10.2 Å². The summed E-state index contributed by atoms with van der Waals surface area (Å²) in [5, 5.41) is 2.70. The number of hydrogen-bond acceptors (Lipinski definition) is 5. The molecule has 148 valence electrons. The van der Waals surface area contributed by atoms with Gasteiger partial charge in [-0.1, -0.05) is 42.5 Å². The van der Waals surface area contributed by atoms with Crippen LogP contribution in [-0.4, -0.2) is 40.7 Å². The summed E-state index contributed by atoms with van der Waals surface area (Å²) in [6.07, 6.45) is 3.75. The van der Waals surface area contributed by atoms with Crippen LogP contribution in [0.4, 0.5) is 0 Å². The van der Waals surface area contributed by atoms with E-state index < -0.39 is 35.9 Å². The van der Waals surface area contributed by atoms with Crippen LogP contribution in [0.15, 0.2) is 42.5 Å². The zero-order valence-electron chi connectivity index (χ0n) is 16.0. The molecular weight excluding hydrogens is 360 g/mol. The standard InChI is InChI=1S/C21H24N2O5/c1-13(23-19(25)16-10-6-7-11-17(16)20(23)26)21(27)28-14(2)18(24)22-12-15-8-4-3-5-9-15/h3-9,13-14,16-17H,10-12H2,1-2H3,(H,22,24)/t13-,14+,16-,17+/m0/s1. The number of allylic oxidation sites excluding steroid dienone is 2. The second kappa shape index (κ2) is 8.37. The maximum atomic E-state index is 12.6. The molecule has 4 atom stereocenters. The van der Waals surface area contributed by atoms with Crippen molar-refractivity contribution < 1.29 is 23.9 Å². The van der Waals surface area contributed by atoms with Crippen LogP contribution in [0.2, 0.25) is 0 Å². The number of amides is 3. The number of carbonyl (C=O) groups is 4. The number of fused-ring (bicyclic) bond motifs is 1. The number of benzene rings is 1. The summed E-state index contributed by atoms with van der Waals surface area (Å²) in [5.74, 6) is -2.70. The van der Waals surface area contributed by atoms with Gasteiger partial charge in [0, 0.05) is 6.54 Å². The van der Waals surface area contributed by atoms with Gasteiger partial charge in [0.05, 0.1) is 11.8 Å². The van der Waals surface area contributed by atoms with E-state index in [-0.39, 0.29) is 11.8 Å². The van der Waals surface area contributed by atoms with Crippen molar-refractivity contribution >= 4 is 23.7 Å².